The Bertz CT molecular complexity index is 1440. The van der Waals surface area contributed by atoms with E-state index in [0.717, 1.165) is 17.0 Å². The summed E-state index contributed by atoms with van der Waals surface area (Å²) in [4.78, 5) is 5.12. The van der Waals surface area contributed by atoms with E-state index in [-0.39, 0.29) is 28.2 Å². The molecule has 0 N–H and O–H groups in total. The van der Waals surface area contributed by atoms with Crippen LogP contribution in [0.2, 0.25) is 0 Å². The van der Waals surface area contributed by atoms with Crippen molar-refractivity contribution in [3.05, 3.63) is 59.2 Å². The number of halogens is 8. The Morgan fingerprint density at radius 1 is 1.03 bits per heavy atom. The molecular formula is C24H21F8N5. The normalized spacial score (nSPS) is 14.7. The average Bonchev–Trinajstić information content (AvgIpc) is 3.46. The van der Waals surface area contributed by atoms with E-state index in [1.807, 2.05) is 0 Å². The minimum atomic E-state index is -3.95. The average molecular weight is 531 g/mol. The van der Waals surface area contributed by atoms with Gasteiger partial charge in [0, 0.05) is 5.69 Å². The molecule has 1 aliphatic carbocycles. The van der Waals surface area contributed by atoms with Crippen LogP contribution in [-0.2, 0) is 0 Å². The molecule has 13 heteroatoms. The molecule has 0 spiro atoms. The molecule has 0 amide bonds. The zero-order valence-corrected chi connectivity index (χ0v) is 19.8. The number of alkyl halides is 5. The van der Waals surface area contributed by atoms with Crippen molar-refractivity contribution < 1.29 is 35.1 Å². The highest BCUT2D eigenvalue weighted by atomic mass is 19.4. The summed E-state index contributed by atoms with van der Waals surface area (Å²) in [5.41, 5.74) is -0.665. The lowest BCUT2D eigenvalue weighted by Crippen LogP contribution is -2.26. The molecule has 0 bridgehead atoms. The molecule has 2 aromatic heterocycles. The predicted molar refractivity (Wildman–Crippen MR) is 120 cm³/mol. The minimum Gasteiger partial charge on any atom is -0.320 e. The van der Waals surface area contributed by atoms with Crippen LogP contribution < -0.4 is 4.90 Å². The molecule has 0 radical (unpaired) electrons. The van der Waals surface area contributed by atoms with Gasteiger partial charge in [-0.25, -0.2) is 22.0 Å². The Labute approximate surface area is 205 Å². The van der Waals surface area contributed by atoms with Crippen LogP contribution in [-0.4, -0.2) is 38.7 Å². The van der Waals surface area contributed by atoms with Gasteiger partial charge in [-0.2, -0.15) is 18.2 Å². The number of anilines is 2. The van der Waals surface area contributed by atoms with E-state index in [1.54, 1.807) is 13.8 Å². The summed E-state index contributed by atoms with van der Waals surface area (Å²) in [5.74, 6) is -3.01. The monoisotopic (exact) mass is 531 g/mol. The van der Waals surface area contributed by atoms with Crippen LogP contribution in [0.25, 0.3) is 16.7 Å². The van der Waals surface area contributed by atoms with E-state index in [2.05, 4.69) is 15.2 Å². The van der Waals surface area contributed by atoms with E-state index in [9.17, 15) is 35.1 Å². The molecule has 0 saturated heterocycles. The summed E-state index contributed by atoms with van der Waals surface area (Å²) in [6.07, 6.45) is -6.18. The van der Waals surface area contributed by atoms with Crippen molar-refractivity contribution in [2.24, 2.45) is 5.41 Å². The number of nitrogens with zero attached hydrogens (tertiary/aromatic N) is 5. The lowest BCUT2D eigenvalue weighted by atomic mass is 10.1. The second kappa shape index (κ2) is 9.42. The van der Waals surface area contributed by atoms with E-state index < -0.39 is 42.0 Å². The van der Waals surface area contributed by atoms with Crippen LogP contribution in [0.15, 0.2) is 30.3 Å². The molecule has 5 nitrogen and oxygen atoms in total. The maximum absolute atomic E-state index is 14.8. The maximum atomic E-state index is 14.8. The molecule has 1 fully saturated rings. The minimum absolute atomic E-state index is 0.0170. The Hall–Kier alpha value is -3.51. The van der Waals surface area contributed by atoms with E-state index in [1.165, 1.54) is 29.5 Å². The number of hydrogen-bond donors (Lipinski definition) is 0. The third-order valence-corrected chi connectivity index (χ3v) is 6.15. The zero-order valence-electron chi connectivity index (χ0n) is 19.8. The molecule has 0 atom stereocenters. The summed E-state index contributed by atoms with van der Waals surface area (Å²) in [6, 6.07) is 5.92. The van der Waals surface area contributed by atoms with Crippen molar-refractivity contribution >= 4 is 28.2 Å². The van der Waals surface area contributed by atoms with Crippen LogP contribution in [0.1, 0.15) is 31.2 Å². The quantitative estimate of drug-likeness (QED) is 0.265. The molecule has 1 aliphatic rings. The smallest absolute Gasteiger partial charge is 0.320 e. The summed E-state index contributed by atoms with van der Waals surface area (Å²) in [6.45, 7) is 3.52. The first-order chi connectivity index (χ1) is 17.2. The predicted octanol–water partition coefficient (Wildman–Crippen LogP) is 7.06. The molecule has 0 unspecified atom stereocenters. The topological polar surface area (TPSA) is 46.3 Å². The van der Waals surface area contributed by atoms with Gasteiger partial charge in [0.25, 0.3) is 12.2 Å². The van der Waals surface area contributed by atoms with Gasteiger partial charge in [-0.15, -0.1) is 10.2 Å². The Morgan fingerprint density at radius 2 is 1.70 bits per heavy atom. The van der Waals surface area contributed by atoms with Gasteiger partial charge in [-0.1, -0.05) is 6.92 Å². The fourth-order valence-corrected chi connectivity index (χ4v) is 3.79. The van der Waals surface area contributed by atoms with Gasteiger partial charge in [-0.05, 0) is 62.6 Å². The number of benzene rings is 2. The Kier molecular flexibility index (Phi) is 6.76. The molecule has 2 aromatic carbocycles. The highest BCUT2D eigenvalue weighted by molar-refractivity contribution is 5.94. The highest BCUT2D eigenvalue weighted by Crippen LogP contribution is 2.56. The van der Waals surface area contributed by atoms with Crippen LogP contribution in [0.5, 0.6) is 0 Å². The molecule has 0 aliphatic heterocycles. The van der Waals surface area contributed by atoms with E-state index in [4.69, 9.17) is 0 Å². The number of aryl methyl sites for hydroxylation is 2. The summed E-state index contributed by atoms with van der Waals surface area (Å²) in [5, 5.41) is 7.41. The Balaban J connectivity index is 0.000000342. The second-order valence-corrected chi connectivity index (χ2v) is 9.12. The lowest BCUT2D eigenvalue weighted by Gasteiger charge is -2.25. The van der Waals surface area contributed by atoms with Crippen LogP contribution in [0, 0.1) is 36.7 Å². The first kappa shape index (κ1) is 26.6. The van der Waals surface area contributed by atoms with Crippen LogP contribution >= 0.6 is 0 Å². The van der Waals surface area contributed by atoms with Gasteiger partial charge in [-0.3, -0.25) is 4.40 Å². The van der Waals surface area contributed by atoms with E-state index >= 15 is 0 Å². The lowest BCUT2D eigenvalue weighted by molar-refractivity contribution is -0.181. The van der Waals surface area contributed by atoms with Gasteiger partial charge < -0.3 is 4.90 Å². The fourth-order valence-electron chi connectivity index (χ4n) is 3.79. The first-order valence-corrected chi connectivity index (χ1v) is 11.1. The first-order valence-electron chi connectivity index (χ1n) is 11.1. The molecule has 4 aromatic rings. The molecule has 1 saturated carbocycles. The van der Waals surface area contributed by atoms with Crippen LogP contribution in [0.4, 0.5) is 46.6 Å². The van der Waals surface area contributed by atoms with E-state index in [0.29, 0.717) is 24.2 Å². The fraction of sp³-hybridized carbons (Fsp3) is 0.375. The maximum Gasteiger partial charge on any atom is 0.394 e. The van der Waals surface area contributed by atoms with Gasteiger partial charge in [0.15, 0.2) is 11.6 Å². The molecule has 198 valence electrons. The third-order valence-electron chi connectivity index (χ3n) is 6.15. The van der Waals surface area contributed by atoms with Gasteiger partial charge >= 0.3 is 6.18 Å². The van der Waals surface area contributed by atoms with Crippen molar-refractivity contribution in [1.82, 2.24) is 19.6 Å². The zero-order chi connectivity index (χ0) is 27.3. The number of rotatable bonds is 4. The van der Waals surface area contributed by atoms with Gasteiger partial charge in [0.2, 0.25) is 0 Å². The van der Waals surface area contributed by atoms with Crippen molar-refractivity contribution in [3.8, 4) is 0 Å². The SMILES string of the molecule is CC1(C(F)(F)F)CC1.Cc1cc(F)cc(N(CC(F)F)c2nc3nnc(C)n3c3ccc(F)c(F)c23)c1. The largest absolute Gasteiger partial charge is 0.394 e. The number of hydrogen-bond acceptors (Lipinski definition) is 4. The highest BCUT2D eigenvalue weighted by Gasteiger charge is 2.59. The van der Waals surface area contributed by atoms with Crippen molar-refractivity contribution in [2.75, 3.05) is 11.4 Å². The van der Waals surface area contributed by atoms with Crippen LogP contribution in [0.3, 0.4) is 0 Å². The van der Waals surface area contributed by atoms with Crippen molar-refractivity contribution in [3.63, 3.8) is 0 Å². The molecular weight excluding hydrogens is 510 g/mol. The molecule has 5 rings (SSSR count). The molecule has 2 heterocycles. The van der Waals surface area contributed by atoms with Gasteiger partial charge in [0.1, 0.15) is 17.5 Å². The van der Waals surface area contributed by atoms with Crippen molar-refractivity contribution in [1.29, 1.82) is 0 Å². The van der Waals surface area contributed by atoms with Crippen molar-refractivity contribution in [2.45, 2.75) is 46.2 Å². The molecule has 37 heavy (non-hydrogen) atoms. The summed E-state index contributed by atoms with van der Waals surface area (Å²) in [7, 11) is 0. The summed E-state index contributed by atoms with van der Waals surface area (Å²) < 4.78 is 106. The number of aromatic nitrogens is 4. The number of fused-ring (bicyclic) bond motifs is 3. The third kappa shape index (κ3) is 5.16. The second-order valence-electron chi connectivity index (χ2n) is 9.12. The standard InChI is InChI=1S/C19H14F5N5.C5H7F3/c1-9-5-11(20)7-12(6-9)28(8-15(22)23)18-16-14(4-3-13(21)17(16)24)29-10(2)26-27-19(29)25-18;1-4(2-3-4)5(6,7)8/h3-7,15H,8H2,1-2H3;2-3H2,1H3. The Morgan fingerprint density at radius 3 is 2.24 bits per heavy atom. The van der Waals surface area contributed by atoms with Gasteiger partial charge in [0.05, 0.1) is 22.9 Å². The summed E-state index contributed by atoms with van der Waals surface area (Å²) >= 11 is 0.